The van der Waals surface area contributed by atoms with Crippen LogP contribution in [0.3, 0.4) is 0 Å². The minimum absolute atomic E-state index is 0.0566. The number of carbonyl (C=O) groups is 1. The first-order valence-corrected chi connectivity index (χ1v) is 10.5. The lowest BCUT2D eigenvalue weighted by molar-refractivity contribution is -0.127. The van der Waals surface area contributed by atoms with E-state index < -0.39 is 10.0 Å². The van der Waals surface area contributed by atoms with Gasteiger partial charge in [-0.15, -0.1) is 0 Å². The second kappa shape index (κ2) is 7.94. The predicted octanol–water partition coefficient (Wildman–Crippen LogP) is 1.07. The summed E-state index contributed by atoms with van der Waals surface area (Å²) in [4.78, 5) is 14.7. The molecule has 1 saturated heterocycles. The number of hydrogen-bond acceptors (Lipinski definition) is 4. The number of carbonyl (C=O) groups excluding carboxylic acids is 1. The predicted molar refractivity (Wildman–Crippen MR) is 91.3 cm³/mol. The number of nitrogens with zero attached hydrogens (tertiary/aromatic N) is 1. The number of sulfonamides is 1. The van der Waals surface area contributed by atoms with E-state index in [0.717, 1.165) is 32.4 Å². The normalized spacial score (nSPS) is 29.2. The molecule has 1 aliphatic carbocycles. The average molecular weight is 346 g/mol. The third-order valence-corrected chi connectivity index (χ3v) is 6.42. The van der Waals surface area contributed by atoms with E-state index in [9.17, 15) is 13.2 Å². The SMILES string of the molecule is C[C@@H]1CCCC[C@@H]1NC(=O)[C@@H](C)N1CCC(CS(N)(=O)=O)CC1. The summed E-state index contributed by atoms with van der Waals surface area (Å²) in [6.07, 6.45) is 6.30. The molecule has 2 aliphatic rings. The standard InChI is InChI=1S/C16H31N3O3S/c1-12-5-3-4-6-15(12)18-16(20)13(2)19-9-7-14(8-10-19)11-23(17,21)22/h12-15H,3-11H2,1-2H3,(H,18,20)(H2,17,21,22)/t12-,13-,15+/m1/s1. The number of nitrogens with two attached hydrogens (primary N) is 1. The maximum absolute atomic E-state index is 12.5. The molecule has 134 valence electrons. The Kier molecular flexibility index (Phi) is 6.45. The van der Waals surface area contributed by atoms with E-state index in [2.05, 4.69) is 17.1 Å². The van der Waals surface area contributed by atoms with Crippen molar-refractivity contribution in [3.8, 4) is 0 Å². The van der Waals surface area contributed by atoms with Gasteiger partial charge in [-0.25, -0.2) is 13.6 Å². The van der Waals surface area contributed by atoms with E-state index in [1.807, 2.05) is 6.92 Å². The minimum atomic E-state index is -3.40. The number of piperidine rings is 1. The fourth-order valence-corrected chi connectivity index (χ4v) is 4.83. The first kappa shape index (κ1) is 18.7. The zero-order chi connectivity index (χ0) is 17.0. The summed E-state index contributed by atoms with van der Waals surface area (Å²) in [6, 6.07) is 0.151. The van der Waals surface area contributed by atoms with Crippen LogP contribution in [0.4, 0.5) is 0 Å². The second-order valence-corrected chi connectivity index (χ2v) is 9.02. The smallest absolute Gasteiger partial charge is 0.237 e. The Bertz CT molecular complexity index is 501. The largest absolute Gasteiger partial charge is 0.352 e. The molecule has 0 aromatic rings. The van der Waals surface area contributed by atoms with Crippen molar-refractivity contribution in [1.82, 2.24) is 10.2 Å². The summed E-state index contributed by atoms with van der Waals surface area (Å²) < 4.78 is 22.4. The van der Waals surface area contributed by atoms with Crippen molar-refractivity contribution in [3.05, 3.63) is 0 Å². The van der Waals surface area contributed by atoms with Crippen LogP contribution in [0.2, 0.25) is 0 Å². The molecule has 1 amide bonds. The van der Waals surface area contributed by atoms with E-state index in [1.165, 1.54) is 19.3 Å². The molecule has 0 bridgehead atoms. The molecule has 0 aromatic heterocycles. The molecular formula is C16H31N3O3S. The second-order valence-electron chi connectivity index (χ2n) is 7.36. The van der Waals surface area contributed by atoms with E-state index >= 15 is 0 Å². The van der Waals surface area contributed by atoms with Gasteiger partial charge in [0.05, 0.1) is 11.8 Å². The number of nitrogens with one attached hydrogen (secondary N) is 1. The molecular weight excluding hydrogens is 314 g/mol. The molecule has 1 heterocycles. The van der Waals surface area contributed by atoms with Crippen LogP contribution in [0, 0.1) is 11.8 Å². The van der Waals surface area contributed by atoms with Crippen LogP contribution in [0.1, 0.15) is 52.4 Å². The third-order valence-electron chi connectivity index (χ3n) is 5.48. The Morgan fingerprint density at radius 1 is 1.22 bits per heavy atom. The minimum Gasteiger partial charge on any atom is -0.352 e. The van der Waals surface area contributed by atoms with Crippen LogP contribution in [0.15, 0.2) is 0 Å². The van der Waals surface area contributed by atoms with Crippen molar-refractivity contribution in [1.29, 1.82) is 0 Å². The molecule has 0 radical (unpaired) electrons. The molecule has 1 aliphatic heterocycles. The van der Waals surface area contributed by atoms with Crippen LogP contribution in [0.5, 0.6) is 0 Å². The van der Waals surface area contributed by atoms with Crippen LogP contribution >= 0.6 is 0 Å². The molecule has 3 atom stereocenters. The summed E-state index contributed by atoms with van der Waals surface area (Å²) in [6.45, 7) is 5.68. The van der Waals surface area contributed by atoms with Gasteiger partial charge in [0.15, 0.2) is 0 Å². The van der Waals surface area contributed by atoms with E-state index in [1.54, 1.807) is 0 Å². The summed E-state index contributed by atoms with van der Waals surface area (Å²) >= 11 is 0. The van der Waals surface area contributed by atoms with Crippen molar-refractivity contribution in [2.24, 2.45) is 17.0 Å². The Morgan fingerprint density at radius 2 is 1.83 bits per heavy atom. The van der Waals surface area contributed by atoms with Gasteiger partial charge in [0.2, 0.25) is 15.9 Å². The molecule has 0 unspecified atom stereocenters. The van der Waals surface area contributed by atoms with Gasteiger partial charge in [-0.3, -0.25) is 9.69 Å². The monoisotopic (exact) mass is 345 g/mol. The van der Waals surface area contributed by atoms with Crippen molar-refractivity contribution in [2.75, 3.05) is 18.8 Å². The van der Waals surface area contributed by atoms with Gasteiger partial charge in [-0.05, 0) is 57.5 Å². The van der Waals surface area contributed by atoms with Crippen molar-refractivity contribution in [2.45, 2.75) is 64.5 Å². The molecule has 0 spiro atoms. The molecule has 0 aromatic carbocycles. The van der Waals surface area contributed by atoms with Crippen molar-refractivity contribution in [3.63, 3.8) is 0 Å². The highest BCUT2D eigenvalue weighted by Crippen LogP contribution is 2.24. The Labute approximate surface area is 140 Å². The lowest BCUT2D eigenvalue weighted by Crippen LogP contribution is -2.52. The number of primary sulfonamides is 1. The quantitative estimate of drug-likeness (QED) is 0.779. The van der Waals surface area contributed by atoms with Crippen LogP contribution < -0.4 is 10.5 Å². The fraction of sp³-hybridized carbons (Fsp3) is 0.938. The first-order chi connectivity index (χ1) is 10.8. The topological polar surface area (TPSA) is 92.5 Å². The molecule has 1 saturated carbocycles. The van der Waals surface area contributed by atoms with Crippen LogP contribution in [0.25, 0.3) is 0 Å². The van der Waals surface area contributed by atoms with Crippen LogP contribution in [-0.4, -0.2) is 50.2 Å². The summed E-state index contributed by atoms with van der Waals surface area (Å²) in [5, 5.41) is 8.34. The van der Waals surface area contributed by atoms with Gasteiger partial charge < -0.3 is 5.32 Å². The number of likely N-dealkylation sites (tertiary alicyclic amines) is 1. The highest BCUT2D eigenvalue weighted by atomic mass is 32.2. The van der Waals surface area contributed by atoms with E-state index in [4.69, 9.17) is 5.14 Å². The maximum atomic E-state index is 12.5. The fourth-order valence-electron chi connectivity index (χ4n) is 3.84. The van der Waals surface area contributed by atoms with Crippen LogP contribution in [-0.2, 0) is 14.8 Å². The van der Waals surface area contributed by atoms with Gasteiger partial charge in [-0.1, -0.05) is 19.8 Å². The van der Waals surface area contributed by atoms with Gasteiger partial charge >= 0.3 is 0 Å². The summed E-state index contributed by atoms with van der Waals surface area (Å²) in [5.41, 5.74) is 0. The van der Waals surface area contributed by atoms with Crippen molar-refractivity contribution >= 4 is 15.9 Å². The number of hydrogen-bond donors (Lipinski definition) is 2. The zero-order valence-electron chi connectivity index (χ0n) is 14.3. The number of rotatable bonds is 5. The molecule has 3 N–H and O–H groups in total. The molecule has 2 rings (SSSR count). The Hall–Kier alpha value is -0.660. The molecule has 6 nitrogen and oxygen atoms in total. The Balaban J connectivity index is 1.79. The van der Waals surface area contributed by atoms with Gasteiger partial charge in [-0.2, -0.15) is 0 Å². The Morgan fingerprint density at radius 3 is 2.39 bits per heavy atom. The highest BCUT2D eigenvalue weighted by Gasteiger charge is 2.30. The lowest BCUT2D eigenvalue weighted by atomic mass is 9.86. The first-order valence-electron chi connectivity index (χ1n) is 8.81. The van der Waals surface area contributed by atoms with Crippen molar-refractivity contribution < 1.29 is 13.2 Å². The van der Waals surface area contributed by atoms with E-state index in [-0.39, 0.29) is 23.6 Å². The lowest BCUT2D eigenvalue weighted by Gasteiger charge is -2.37. The average Bonchev–Trinajstić information content (AvgIpc) is 2.48. The zero-order valence-corrected chi connectivity index (χ0v) is 15.1. The third kappa shape index (κ3) is 5.72. The van der Waals surface area contributed by atoms with Gasteiger partial charge in [0.1, 0.15) is 0 Å². The van der Waals surface area contributed by atoms with Gasteiger partial charge in [0.25, 0.3) is 0 Å². The molecule has 2 fully saturated rings. The molecule has 7 heteroatoms. The van der Waals surface area contributed by atoms with Gasteiger partial charge in [0, 0.05) is 6.04 Å². The molecule has 23 heavy (non-hydrogen) atoms. The maximum Gasteiger partial charge on any atom is 0.237 e. The van der Waals surface area contributed by atoms with E-state index in [0.29, 0.717) is 12.0 Å². The number of amides is 1. The highest BCUT2D eigenvalue weighted by molar-refractivity contribution is 7.89. The summed E-state index contributed by atoms with van der Waals surface area (Å²) in [7, 11) is -3.40. The summed E-state index contributed by atoms with van der Waals surface area (Å²) in [5.74, 6) is 0.838.